The fourth-order valence-electron chi connectivity index (χ4n) is 5.46. The number of hydrogen-bond acceptors (Lipinski definition) is 3. The van der Waals surface area contributed by atoms with Crippen LogP contribution in [0.15, 0.2) is 0 Å². The van der Waals surface area contributed by atoms with Crippen LogP contribution in [-0.4, -0.2) is 24.3 Å². The largest absolute Gasteiger partial charge is 0.448 e. The molecule has 0 saturated carbocycles. The maximum absolute atomic E-state index is 12.0. The zero-order valence-corrected chi connectivity index (χ0v) is 27.0. The van der Waals surface area contributed by atoms with Gasteiger partial charge in [0.1, 0.15) is 0 Å². The van der Waals surface area contributed by atoms with Crippen LogP contribution >= 0.6 is 0 Å². The number of hydrazine groups is 1. The van der Waals surface area contributed by atoms with Crippen LogP contribution in [0.25, 0.3) is 0 Å². The monoisotopic (exact) mass is 553 g/mol. The number of carbonyl (C=O) groups is 1. The van der Waals surface area contributed by atoms with E-state index in [4.69, 9.17) is 10.6 Å². The molecule has 0 bridgehead atoms. The molecule has 2 N–H and O–H groups in total. The number of nitrogens with zero attached hydrogens (tertiary/aromatic N) is 1. The molecule has 4 nitrogen and oxygen atoms in total. The molecule has 0 aromatic carbocycles. The summed E-state index contributed by atoms with van der Waals surface area (Å²) >= 11 is 0. The number of amides is 1. The second-order valence-electron chi connectivity index (χ2n) is 12.2. The second-order valence-corrected chi connectivity index (χ2v) is 12.2. The van der Waals surface area contributed by atoms with Crippen LogP contribution in [0.3, 0.4) is 0 Å². The van der Waals surface area contributed by atoms with Gasteiger partial charge < -0.3 is 4.74 Å². The highest BCUT2D eigenvalue weighted by Gasteiger charge is 2.09. The maximum atomic E-state index is 12.0. The Bertz CT molecular complexity index is 472. The number of ether oxygens (including phenoxy) is 1. The lowest BCUT2D eigenvalue weighted by Gasteiger charge is -2.16. The summed E-state index contributed by atoms with van der Waals surface area (Å²) in [4.78, 5) is 12.0. The molecule has 0 atom stereocenters. The molecule has 0 aliphatic heterocycles. The van der Waals surface area contributed by atoms with Crippen molar-refractivity contribution >= 4 is 6.09 Å². The molecule has 0 fully saturated rings. The zero-order valence-electron chi connectivity index (χ0n) is 27.0. The van der Waals surface area contributed by atoms with Crippen LogP contribution in [0, 0.1) is 0 Å². The summed E-state index contributed by atoms with van der Waals surface area (Å²) in [5, 5.41) is 1.27. The first-order valence-corrected chi connectivity index (χ1v) is 17.9. The van der Waals surface area contributed by atoms with Gasteiger partial charge >= 0.3 is 6.09 Å². The highest BCUT2D eigenvalue weighted by Crippen LogP contribution is 2.15. The minimum absolute atomic E-state index is 0.356. The topological polar surface area (TPSA) is 55.6 Å². The molecule has 0 spiro atoms. The number of hydrogen-bond donors (Lipinski definition) is 1. The van der Waals surface area contributed by atoms with E-state index >= 15 is 0 Å². The van der Waals surface area contributed by atoms with Crippen molar-refractivity contribution in [1.29, 1.82) is 0 Å². The normalized spacial score (nSPS) is 11.3. The van der Waals surface area contributed by atoms with E-state index in [1.165, 1.54) is 172 Å². The Morgan fingerprint density at radius 1 is 0.436 bits per heavy atom. The third kappa shape index (κ3) is 31.6. The molecule has 0 saturated heterocycles. The van der Waals surface area contributed by atoms with Crippen molar-refractivity contribution in [2.24, 2.45) is 5.84 Å². The van der Waals surface area contributed by atoms with Gasteiger partial charge in [0.05, 0.1) is 6.61 Å². The van der Waals surface area contributed by atoms with Gasteiger partial charge in [-0.2, -0.15) is 0 Å². The van der Waals surface area contributed by atoms with Crippen LogP contribution in [0.1, 0.15) is 206 Å². The van der Waals surface area contributed by atoms with Crippen molar-refractivity contribution in [3.05, 3.63) is 0 Å². The van der Waals surface area contributed by atoms with Gasteiger partial charge in [-0.05, 0) is 12.8 Å². The Labute approximate surface area is 245 Å². The summed E-state index contributed by atoms with van der Waals surface area (Å²) < 4.78 is 5.35. The number of rotatable bonds is 32. The van der Waals surface area contributed by atoms with E-state index in [-0.39, 0.29) is 6.09 Å². The molecule has 39 heavy (non-hydrogen) atoms. The first-order valence-electron chi connectivity index (χ1n) is 17.9. The van der Waals surface area contributed by atoms with Gasteiger partial charge in [-0.3, -0.25) is 0 Å². The first-order chi connectivity index (χ1) is 19.2. The minimum Gasteiger partial charge on any atom is -0.448 e. The number of nitrogens with two attached hydrogens (primary N) is 1. The van der Waals surface area contributed by atoms with Crippen LogP contribution in [-0.2, 0) is 4.74 Å². The molecule has 1 amide bonds. The second kappa shape index (κ2) is 33.4. The Morgan fingerprint density at radius 2 is 0.692 bits per heavy atom. The fraction of sp³-hybridized carbons (Fsp3) is 0.971. The minimum atomic E-state index is -0.356. The van der Waals surface area contributed by atoms with E-state index in [0.717, 1.165) is 25.7 Å². The molecule has 0 aliphatic rings. The smallest absolute Gasteiger partial charge is 0.424 e. The quantitative estimate of drug-likeness (QED) is 0.0391. The average molecular weight is 553 g/mol. The van der Waals surface area contributed by atoms with Crippen LogP contribution < -0.4 is 5.84 Å². The lowest BCUT2D eigenvalue weighted by Crippen LogP contribution is -2.38. The van der Waals surface area contributed by atoms with Crippen molar-refractivity contribution < 1.29 is 9.53 Å². The maximum Gasteiger partial charge on any atom is 0.424 e. The molecule has 0 heterocycles. The van der Waals surface area contributed by atoms with Gasteiger partial charge in [-0.1, -0.05) is 194 Å². The van der Waals surface area contributed by atoms with E-state index in [1.54, 1.807) is 0 Å². The summed E-state index contributed by atoms with van der Waals surface area (Å²) in [6.45, 7) is 5.68. The van der Waals surface area contributed by atoms with Gasteiger partial charge in [0.2, 0.25) is 0 Å². The van der Waals surface area contributed by atoms with Gasteiger partial charge in [0, 0.05) is 6.54 Å². The first kappa shape index (κ1) is 38.2. The summed E-state index contributed by atoms with van der Waals surface area (Å²) in [7, 11) is 0. The number of unbranched alkanes of at least 4 members (excludes halogenated alkanes) is 28. The van der Waals surface area contributed by atoms with Gasteiger partial charge in [-0.25, -0.2) is 15.6 Å². The van der Waals surface area contributed by atoms with Crippen LogP contribution in [0.5, 0.6) is 0 Å². The third-order valence-corrected chi connectivity index (χ3v) is 8.21. The van der Waals surface area contributed by atoms with Crippen molar-refractivity contribution in [3.8, 4) is 0 Å². The molecule has 0 radical (unpaired) electrons. The van der Waals surface area contributed by atoms with Crippen molar-refractivity contribution in [2.45, 2.75) is 206 Å². The molecule has 0 aromatic rings. The predicted octanol–water partition coefficient (Wildman–Crippen LogP) is 12.0. The highest BCUT2D eigenvalue weighted by atomic mass is 16.6. The Kier molecular flexibility index (Phi) is 32.8. The predicted molar refractivity (Wildman–Crippen MR) is 172 cm³/mol. The Morgan fingerprint density at radius 3 is 1.00 bits per heavy atom. The Balaban J connectivity index is 3.27. The summed E-state index contributed by atoms with van der Waals surface area (Å²) in [6.07, 6.45) is 39.9. The molecule has 4 heteroatoms. The van der Waals surface area contributed by atoms with Crippen molar-refractivity contribution in [3.63, 3.8) is 0 Å². The average Bonchev–Trinajstić information content (AvgIpc) is 2.94. The van der Waals surface area contributed by atoms with E-state index in [0.29, 0.717) is 13.2 Å². The lowest BCUT2D eigenvalue weighted by atomic mass is 10.0. The van der Waals surface area contributed by atoms with Gasteiger partial charge in [-0.15, -0.1) is 0 Å². The summed E-state index contributed by atoms with van der Waals surface area (Å²) in [6, 6.07) is 0. The summed E-state index contributed by atoms with van der Waals surface area (Å²) in [5.74, 6) is 5.90. The zero-order chi connectivity index (χ0) is 28.5. The third-order valence-electron chi connectivity index (χ3n) is 8.21. The SMILES string of the molecule is CCCCCCCCCCCCCCCCCCN(N)C(=O)OCCCCCCCCCCCCCCCC. The standard InChI is InChI=1S/C35H72N2O2/c1-3-5-7-9-11-13-15-17-19-20-21-23-25-27-29-31-33-37(36)35(38)39-34-32-30-28-26-24-22-18-16-14-12-10-8-6-4-2/h3-34,36H2,1-2H3. The molecule has 0 rings (SSSR count). The molecule has 0 unspecified atom stereocenters. The van der Waals surface area contributed by atoms with Gasteiger partial charge in [0.25, 0.3) is 0 Å². The van der Waals surface area contributed by atoms with Crippen molar-refractivity contribution in [1.82, 2.24) is 5.01 Å². The highest BCUT2D eigenvalue weighted by molar-refractivity contribution is 5.66. The van der Waals surface area contributed by atoms with E-state index in [1.807, 2.05) is 0 Å². The number of carbonyl (C=O) groups excluding carboxylic acids is 1. The van der Waals surface area contributed by atoms with Crippen molar-refractivity contribution in [2.75, 3.05) is 13.2 Å². The molecular formula is C35H72N2O2. The van der Waals surface area contributed by atoms with Gasteiger partial charge in [0.15, 0.2) is 0 Å². The summed E-state index contributed by atoms with van der Waals surface area (Å²) in [5.41, 5.74) is 0. The molecule has 234 valence electrons. The van der Waals surface area contributed by atoms with Crippen LogP contribution in [0.4, 0.5) is 4.79 Å². The molecule has 0 aromatic heterocycles. The molecule has 0 aliphatic carbocycles. The molecular weight excluding hydrogens is 480 g/mol. The lowest BCUT2D eigenvalue weighted by molar-refractivity contribution is 0.0998. The Hall–Kier alpha value is -0.770. The fourth-order valence-corrected chi connectivity index (χ4v) is 5.46. The van der Waals surface area contributed by atoms with E-state index in [9.17, 15) is 4.79 Å². The van der Waals surface area contributed by atoms with E-state index in [2.05, 4.69) is 13.8 Å². The van der Waals surface area contributed by atoms with Crippen LogP contribution in [0.2, 0.25) is 0 Å². The van der Waals surface area contributed by atoms with E-state index < -0.39 is 0 Å².